The molecule has 2 rings (SSSR count). The maximum absolute atomic E-state index is 11.4. The Morgan fingerprint density at radius 1 is 1.21 bits per heavy atom. The van der Waals surface area contributed by atoms with Gasteiger partial charge in [-0.3, -0.25) is 4.21 Å². The van der Waals surface area contributed by atoms with Crippen molar-refractivity contribution in [3.05, 3.63) is 64.2 Å². The van der Waals surface area contributed by atoms with Crippen molar-refractivity contribution in [3.63, 3.8) is 0 Å². The van der Waals surface area contributed by atoms with Crippen molar-refractivity contribution >= 4 is 31.6 Å². The maximum Gasteiger partial charge on any atom is 0.0441 e. The van der Waals surface area contributed by atoms with E-state index in [1.165, 1.54) is 6.07 Å². The molecular weight excluding hydrogens is 300 g/mol. The first kappa shape index (κ1) is 14.5. The average Bonchev–Trinajstić information content (AvgIpc) is 2.33. The van der Waals surface area contributed by atoms with Gasteiger partial charge in [0.05, 0.1) is 0 Å². The third-order valence-corrected chi connectivity index (χ3v) is 4.73. The fourth-order valence-corrected chi connectivity index (χ4v) is 2.88. The fraction of sp³-hybridized carbons (Fsp3) is 0.143. The van der Waals surface area contributed by atoms with Crippen molar-refractivity contribution in [1.29, 1.82) is 0 Å². The minimum absolute atomic E-state index is 0.162. The monoisotopic (exact) mass is 311 g/mol. The Kier molecular flexibility index (Phi) is 4.26. The van der Waals surface area contributed by atoms with Crippen LogP contribution in [0.5, 0.6) is 0 Å². The first-order valence-corrected chi connectivity index (χ1v) is 8.45. The lowest BCUT2D eigenvalue weighted by atomic mass is 10.0. The van der Waals surface area contributed by atoms with Gasteiger partial charge in [-0.1, -0.05) is 35.9 Å². The predicted octanol–water partition coefficient (Wildman–Crippen LogP) is 3.47. The summed E-state index contributed by atoms with van der Waals surface area (Å²) in [5.41, 5.74) is 2.90. The second-order valence-electron chi connectivity index (χ2n) is 4.31. The van der Waals surface area contributed by atoms with E-state index in [9.17, 15) is 8.76 Å². The molecule has 100 valence electrons. The van der Waals surface area contributed by atoms with Crippen LogP contribution in [0.25, 0.3) is 0 Å². The molecular formula is C14H12ClO2S2-. The molecule has 0 saturated heterocycles. The van der Waals surface area contributed by atoms with Crippen LogP contribution in [0.4, 0.5) is 0 Å². The van der Waals surface area contributed by atoms with E-state index >= 15 is 0 Å². The Bertz CT molecular complexity index is 709. The summed E-state index contributed by atoms with van der Waals surface area (Å²) in [4.78, 5) is 0.162. The molecule has 0 radical (unpaired) electrons. The Balaban J connectivity index is 2.43. The summed E-state index contributed by atoms with van der Waals surface area (Å²) in [5, 5.41) is 0.675. The molecule has 0 aliphatic heterocycles. The van der Waals surface area contributed by atoms with Crippen molar-refractivity contribution in [2.45, 2.75) is 18.2 Å². The normalized spacial score (nSPS) is 14.1. The lowest BCUT2D eigenvalue weighted by Gasteiger charge is -2.14. The highest BCUT2D eigenvalue weighted by Gasteiger charge is 2.06. The second kappa shape index (κ2) is 5.59. The molecule has 0 N–H and O–H groups in total. The number of rotatable bonds is 3. The van der Waals surface area contributed by atoms with Gasteiger partial charge in [-0.15, -0.1) is 0 Å². The summed E-state index contributed by atoms with van der Waals surface area (Å²) in [6.07, 6.45) is 0.587. The van der Waals surface area contributed by atoms with Crippen LogP contribution < -0.4 is 0 Å². The smallest absolute Gasteiger partial charge is 0.0441 e. The Morgan fingerprint density at radius 2 is 1.89 bits per heavy atom. The van der Waals surface area contributed by atoms with Crippen LogP contribution in [0, 0.1) is 6.92 Å². The van der Waals surface area contributed by atoms with E-state index in [0.29, 0.717) is 11.4 Å². The number of benzene rings is 2. The number of hydrogen-bond donors (Lipinski definition) is 0. The first-order valence-electron chi connectivity index (χ1n) is 5.67. The molecule has 0 aliphatic rings. The highest BCUT2D eigenvalue weighted by molar-refractivity contribution is 8.29. The molecule has 0 aliphatic carbocycles. The molecule has 0 spiro atoms. The summed E-state index contributed by atoms with van der Waals surface area (Å²) in [5.74, 6) is 0. The van der Waals surface area contributed by atoms with Gasteiger partial charge in [0, 0.05) is 9.92 Å². The van der Waals surface area contributed by atoms with Crippen LogP contribution in [0.2, 0.25) is 5.02 Å². The molecule has 1 unspecified atom stereocenters. The lowest BCUT2D eigenvalue weighted by Crippen LogP contribution is -2.00. The topological polar surface area (TPSA) is 40.1 Å². The molecule has 2 aromatic carbocycles. The third-order valence-electron chi connectivity index (χ3n) is 2.95. The van der Waals surface area contributed by atoms with Crippen molar-refractivity contribution in [3.8, 4) is 0 Å². The van der Waals surface area contributed by atoms with Crippen molar-refractivity contribution in [1.82, 2.24) is 0 Å². The number of aryl methyl sites for hydroxylation is 1. The van der Waals surface area contributed by atoms with E-state index in [1.54, 1.807) is 12.1 Å². The minimum Gasteiger partial charge on any atom is -0.766 e. The molecule has 19 heavy (non-hydrogen) atoms. The van der Waals surface area contributed by atoms with Crippen LogP contribution >= 0.6 is 11.6 Å². The van der Waals surface area contributed by atoms with Gasteiger partial charge < -0.3 is 4.55 Å². The SMILES string of the molecule is Cc1ccc(S(=O)([O-])=S)cc1Cc1ccccc1Cl. The van der Waals surface area contributed by atoms with Gasteiger partial charge >= 0.3 is 0 Å². The quantitative estimate of drug-likeness (QED) is 0.871. The Morgan fingerprint density at radius 3 is 2.53 bits per heavy atom. The summed E-state index contributed by atoms with van der Waals surface area (Å²) < 4.78 is 22.8. The zero-order chi connectivity index (χ0) is 14.0. The van der Waals surface area contributed by atoms with Crippen LogP contribution in [-0.2, 0) is 26.4 Å². The summed E-state index contributed by atoms with van der Waals surface area (Å²) in [6.45, 7) is 1.94. The summed E-state index contributed by atoms with van der Waals surface area (Å²) in [6, 6.07) is 12.4. The molecule has 1 atom stereocenters. The molecule has 0 heterocycles. The van der Waals surface area contributed by atoms with Gasteiger partial charge in [-0.05, 0) is 68.2 Å². The van der Waals surface area contributed by atoms with Gasteiger partial charge in [0.15, 0.2) is 0 Å². The highest BCUT2D eigenvalue weighted by Crippen LogP contribution is 2.23. The molecule has 0 saturated carbocycles. The molecule has 5 heteroatoms. The lowest BCUT2D eigenvalue weighted by molar-refractivity contribution is 0.534. The van der Waals surface area contributed by atoms with E-state index in [1.807, 2.05) is 31.2 Å². The minimum atomic E-state index is -3.59. The predicted molar refractivity (Wildman–Crippen MR) is 80.0 cm³/mol. The molecule has 0 aromatic heterocycles. The molecule has 0 fully saturated rings. The Hall–Kier alpha value is -0.940. The highest BCUT2D eigenvalue weighted by atomic mass is 35.5. The van der Waals surface area contributed by atoms with E-state index < -0.39 is 8.77 Å². The average molecular weight is 312 g/mol. The van der Waals surface area contributed by atoms with Gasteiger partial charge in [0.2, 0.25) is 0 Å². The van der Waals surface area contributed by atoms with Crippen molar-refractivity contribution in [2.24, 2.45) is 0 Å². The molecule has 2 aromatic rings. The number of halogens is 1. The largest absolute Gasteiger partial charge is 0.766 e. The third kappa shape index (κ3) is 3.54. The molecule has 0 bridgehead atoms. The Labute approximate surface area is 122 Å². The van der Waals surface area contributed by atoms with E-state index in [0.717, 1.165) is 16.7 Å². The second-order valence-corrected chi connectivity index (χ2v) is 7.41. The van der Waals surface area contributed by atoms with Gasteiger partial charge in [-0.2, -0.15) is 0 Å². The van der Waals surface area contributed by atoms with Crippen molar-refractivity contribution in [2.75, 3.05) is 0 Å². The van der Waals surface area contributed by atoms with Crippen LogP contribution in [0.15, 0.2) is 47.4 Å². The van der Waals surface area contributed by atoms with Crippen LogP contribution in [-0.4, -0.2) is 8.76 Å². The fourth-order valence-electron chi connectivity index (χ4n) is 1.84. The first-order chi connectivity index (χ1) is 8.88. The summed E-state index contributed by atoms with van der Waals surface area (Å²) in [7, 11) is -3.59. The van der Waals surface area contributed by atoms with Crippen molar-refractivity contribution < 1.29 is 8.76 Å². The van der Waals surface area contributed by atoms with E-state index in [4.69, 9.17) is 11.6 Å². The van der Waals surface area contributed by atoms with Gasteiger partial charge in [0.1, 0.15) is 0 Å². The molecule has 0 amide bonds. The van der Waals surface area contributed by atoms with E-state index in [-0.39, 0.29) is 4.90 Å². The zero-order valence-corrected chi connectivity index (χ0v) is 12.6. The maximum atomic E-state index is 11.4. The van der Waals surface area contributed by atoms with Gasteiger partial charge in [-0.25, -0.2) is 0 Å². The van der Waals surface area contributed by atoms with Gasteiger partial charge in [0.25, 0.3) is 0 Å². The van der Waals surface area contributed by atoms with E-state index in [2.05, 4.69) is 11.2 Å². The zero-order valence-electron chi connectivity index (χ0n) is 10.3. The number of hydrogen-bond acceptors (Lipinski definition) is 3. The standard InChI is InChI=1S/C14H13ClO2S2/c1-10-6-7-13(19(16,17)18)9-12(10)8-11-4-2-3-5-14(11)15/h2-7,9H,8H2,1H3,(H,16,17,18)/p-1. The summed E-state index contributed by atoms with van der Waals surface area (Å²) >= 11 is 10.6. The molecule has 2 nitrogen and oxygen atoms in total. The van der Waals surface area contributed by atoms with Crippen LogP contribution in [0.3, 0.4) is 0 Å². The van der Waals surface area contributed by atoms with Crippen LogP contribution in [0.1, 0.15) is 16.7 Å².